The topological polar surface area (TPSA) is 110 Å². The number of benzene rings is 3. The maximum Gasteiger partial charge on any atom is 0.292 e. The number of fused-ring (bicyclic) bond motifs is 1. The van der Waals surface area contributed by atoms with Gasteiger partial charge in [-0.25, -0.2) is 8.42 Å². The van der Waals surface area contributed by atoms with Gasteiger partial charge in [-0.1, -0.05) is 53.6 Å². The van der Waals surface area contributed by atoms with Gasteiger partial charge in [-0.2, -0.15) is 4.31 Å². The fourth-order valence-electron chi connectivity index (χ4n) is 3.80. The highest BCUT2D eigenvalue weighted by atomic mass is 35.5. The van der Waals surface area contributed by atoms with Gasteiger partial charge in [-0.15, -0.1) is 0 Å². The Morgan fingerprint density at radius 1 is 1.09 bits per heavy atom. The normalized spacial score (nSPS) is 16.1. The van der Waals surface area contributed by atoms with Crippen LogP contribution in [0, 0.1) is 17.0 Å². The molecule has 0 saturated heterocycles. The summed E-state index contributed by atoms with van der Waals surface area (Å²) in [6, 6.07) is 16.4. The number of nitro benzene ring substituents is 1. The Morgan fingerprint density at radius 2 is 1.76 bits per heavy atom. The molecule has 0 unspecified atom stereocenters. The first-order chi connectivity index (χ1) is 15.7. The van der Waals surface area contributed by atoms with Crippen molar-refractivity contribution in [3.8, 4) is 0 Å². The Hall–Kier alpha value is -3.27. The summed E-state index contributed by atoms with van der Waals surface area (Å²) in [4.78, 5) is 24.2. The molecule has 0 saturated carbocycles. The monoisotopic (exact) mass is 485 g/mol. The molecule has 3 aromatic carbocycles. The molecule has 0 fully saturated rings. The SMILES string of the molecule is Cc1ccc(S(=O)(=O)N2Cc3ccccc3C[C@@H]2C(=O)Nc2cc(Cl)ccc2[N+](=O)[O-])cc1. The lowest BCUT2D eigenvalue weighted by molar-refractivity contribution is -0.383. The highest BCUT2D eigenvalue weighted by Gasteiger charge is 2.40. The molecule has 1 aliphatic rings. The number of nitro groups is 1. The molecule has 0 radical (unpaired) electrons. The molecule has 4 rings (SSSR count). The van der Waals surface area contributed by atoms with Crippen LogP contribution in [0.1, 0.15) is 16.7 Å². The number of sulfonamides is 1. The summed E-state index contributed by atoms with van der Waals surface area (Å²) in [6.07, 6.45) is 0.126. The number of carbonyl (C=O) groups excluding carboxylic acids is 1. The molecule has 0 spiro atoms. The Balaban J connectivity index is 1.74. The van der Waals surface area contributed by atoms with E-state index in [9.17, 15) is 23.3 Å². The molecular weight excluding hydrogens is 466 g/mol. The lowest BCUT2D eigenvalue weighted by Gasteiger charge is -2.35. The number of hydrogen-bond donors (Lipinski definition) is 1. The lowest BCUT2D eigenvalue weighted by atomic mass is 9.95. The molecule has 8 nitrogen and oxygen atoms in total. The minimum Gasteiger partial charge on any atom is -0.319 e. The van der Waals surface area contributed by atoms with E-state index in [0.29, 0.717) is 0 Å². The van der Waals surface area contributed by atoms with Crippen LogP contribution in [0.3, 0.4) is 0 Å². The molecule has 0 aromatic heterocycles. The van der Waals surface area contributed by atoms with Crippen LogP contribution < -0.4 is 5.32 Å². The van der Waals surface area contributed by atoms with Crippen molar-refractivity contribution in [2.75, 3.05) is 5.32 Å². The van der Waals surface area contributed by atoms with Crippen LogP contribution in [0.4, 0.5) is 11.4 Å². The van der Waals surface area contributed by atoms with Crippen molar-refractivity contribution >= 4 is 38.9 Å². The Labute approximate surface area is 196 Å². The predicted octanol–water partition coefficient (Wildman–Crippen LogP) is 4.31. The summed E-state index contributed by atoms with van der Waals surface area (Å²) in [7, 11) is -4.03. The van der Waals surface area contributed by atoms with Crippen LogP contribution in [0.15, 0.2) is 71.6 Å². The second-order valence-electron chi connectivity index (χ2n) is 7.76. The number of amides is 1. The van der Waals surface area contributed by atoms with Gasteiger partial charge in [-0.3, -0.25) is 14.9 Å². The zero-order valence-electron chi connectivity index (χ0n) is 17.6. The molecule has 1 atom stereocenters. The smallest absolute Gasteiger partial charge is 0.292 e. The van der Waals surface area contributed by atoms with E-state index in [2.05, 4.69) is 5.32 Å². The zero-order chi connectivity index (χ0) is 23.8. The van der Waals surface area contributed by atoms with Gasteiger partial charge in [-0.05, 0) is 48.7 Å². The summed E-state index contributed by atoms with van der Waals surface area (Å²) >= 11 is 5.97. The van der Waals surface area contributed by atoms with Crippen molar-refractivity contribution < 1.29 is 18.1 Å². The number of nitrogens with zero attached hydrogens (tertiary/aromatic N) is 2. The third kappa shape index (κ3) is 4.61. The van der Waals surface area contributed by atoms with E-state index in [0.717, 1.165) is 21.0 Å². The van der Waals surface area contributed by atoms with Crippen LogP contribution in [-0.4, -0.2) is 29.6 Å². The minimum absolute atomic E-state index is 0.00209. The van der Waals surface area contributed by atoms with Gasteiger partial charge in [0, 0.05) is 17.6 Å². The molecule has 0 aliphatic carbocycles. The maximum absolute atomic E-state index is 13.5. The number of nitrogens with one attached hydrogen (secondary N) is 1. The minimum atomic E-state index is -4.03. The van der Waals surface area contributed by atoms with E-state index >= 15 is 0 Å². The molecule has 1 heterocycles. The van der Waals surface area contributed by atoms with Crippen molar-refractivity contribution in [2.45, 2.75) is 30.8 Å². The van der Waals surface area contributed by atoms with Gasteiger partial charge in [0.25, 0.3) is 5.69 Å². The van der Waals surface area contributed by atoms with E-state index in [1.165, 1.54) is 30.3 Å². The summed E-state index contributed by atoms with van der Waals surface area (Å²) in [6.45, 7) is 1.85. The van der Waals surface area contributed by atoms with Gasteiger partial charge in [0.1, 0.15) is 11.7 Å². The van der Waals surface area contributed by atoms with Crippen molar-refractivity contribution in [3.05, 3.63) is 98.6 Å². The van der Waals surface area contributed by atoms with Crippen LogP contribution in [0.2, 0.25) is 5.02 Å². The van der Waals surface area contributed by atoms with E-state index in [-0.39, 0.29) is 34.3 Å². The van der Waals surface area contributed by atoms with Crippen LogP contribution >= 0.6 is 11.6 Å². The van der Waals surface area contributed by atoms with Crippen molar-refractivity contribution in [3.63, 3.8) is 0 Å². The predicted molar refractivity (Wildman–Crippen MR) is 125 cm³/mol. The fourth-order valence-corrected chi connectivity index (χ4v) is 5.54. The molecule has 33 heavy (non-hydrogen) atoms. The molecule has 1 N–H and O–H groups in total. The average molecular weight is 486 g/mol. The third-order valence-corrected chi connectivity index (χ3v) is 7.65. The van der Waals surface area contributed by atoms with Crippen LogP contribution in [0.25, 0.3) is 0 Å². The second kappa shape index (κ2) is 8.93. The average Bonchev–Trinajstić information content (AvgIpc) is 2.78. The van der Waals surface area contributed by atoms with Gasteiger partial charge >= 0.3 is 0 Å². The zero-order valence-corrected chi connectivity index (χ0v) is 19.1. The second-order valence-corrected chi connectivity index (χ2v) is 10.1. The first-order valence-corrected chi connectivity index (χ1v) is 11.9. The number of anilines is 1. The Morgan fingerprint density at radius 3 is 2.42 bits per heavy atom. The lowest BCUT2D eigenvalue weighted by Crippen LogP contribution is -2.50. The number of rotatable bonds is 5. The van der Waals surface area contributed by atoms with Gasteiger partial charge in [0.15, 0.2) is 0 Å². The van der Waals surface area contributed by atoms with Crippen molar-refractivity contribution in [1.82, 2.24) is 4.31 Å². The van der Waals surface area contributed by atoms with E-state index < -0.39 is 26.9 Å². The van der Waals surface area contributed by atoms with E-state index in [1.807, 2.05) is 31.2 Å². The molecule has 1 amide bonds. The maximum atomic E-state index is 13.5. The van der Waals surface area contributed by atoms with Gasteiger partial charge in [0.2, 0.25) is 15.9 Å². The van der Waals surface area contributed by atoms with Gasteiger partial charge < -0.3 is 5.32 Å². The number of hydrogen-bond acceptors (Lipinski definition) is 5. The first-order valence-electron chi connectivity index (χ1n) is 10.1. The number of halogens is 1. The largest absolute Gasteiger partial charge is 0.319 e. The van der Waals surface area contributed by atoms with E-state index in [1.54, 1.807) is 12.1 Å². The molecule has 170 valence electrons. The third-order valence-electron chi connectivity index (χ3n) is 5.55. The Bertz CT molecular complexity index is 1340. The molecule has 0 bridgehead atoms. The number of aryl methyl sites for hydroxylation is 1. The first kappa shape index (κ1) is 22.9. The van der Waals surface area contributed by atoms with Crippen molar-refractivity contribution in [1.29, 1.82) is 0 Å². The standard InChI is InChI=1S/C23H20ClN3O5S/c1-15-6-9-19(10-7-15)33(31,32)26-14-17-5-3-2-4-16(17)12-22(26)23(28)25-20-13-18(24)8-11-21(20)27(29)30/h2-11,13,22H,12,14H2,1H3,(H,25,28)/t22-/m1/s1. The summed E-state index contributed by atoms with van der Waals surface area (Å²) in [5, 5.41) is 14.1. The highest BCUT2D eigenvalue weighted by molar-refractivity contribution is 7.89. The highest BCUT2D eigenvalue weighted by Crippen LogP contribution is 2.32. The Kier molecular flexibility index (Phi) is 6.20. The van der Waals surface area contributed by atoms with E-state index in [4.69, 9.17) is 11.6 Å². The quantitative estimate of drug-likeness (QED) is 0.427. The number of carbonyl (C=O) groups is 1. The molecule has 1 aliphatic heterocycles. The van der Waals surface area contributed by atoms with Gasteiger partial charge in [0.05, 0.1) is 9.82 Å². The van der Waals surface area contributed by atoms with Crippen molar-refractivity contribution in [2.24, 2.45) is 0 Å². The molecule has 10 heteroatoms. The summed E-state index contributed by atoms with van der Waals surface area (Å²) < 4.78 is 28.2. The molecule has 3 aromatic rings. The van der Waals surface area contributed by atoms with Crippen LogP contribution in [-0.2, 0) is 27.8 Å². The summed E-state index contributed by atoms with van der Waals surface area (Å²) in [5.41, 5.74) is 2.11. The fraction of sp³-hybridized carbons (Fsp3) is 0.174. The molecular formula is C23H20ClN3O5S. The summed E-state index contributed by atoms with van der Waals surface area (Å²) in [5.74, 6) is -0.675. The van der Waals surface area contributed by atoms with Crippen LogP contribution in [0.5, 0.6) is 0 Å².